The third kappa shape index (κ3) is 8.65. The summed E-state index contributed by atoms with van der Waals surface area (Å²) in [5.74, 6) is 12.6. The molecule has 0 radical (unpaired) electrons. The molecule has 8 aromatic carbocycles. The summed E-state index contributed by atoms with van der Waals surface area (Å²) in [7, 11) is 0. The molecule has 0 amide bonds. The van der Waals surface area contributed by atoms with Gasteiger partial charge < -0.3 is 19.7 Å². The van der Waals surface area contributed by atoms with Gasteiger partial charge in [-0.2, -0.15) is 0 Å². The molecular weight excluding hydrogens is 761 g/mol. The van der Waals surface area contributed by atoms with Gasteiger partial charge in [0.2, 0.25) is 0 Å². The smallest absolute Gasteiger partial charge is 0.191 e. The molecule has 0 aliphatic heterocycles. The molecule has 2 atom stereocenters. The van der Waals surface area contributed by atoms with Gasteiger partial charge >= 0.3 is 0 Å². The maximum absolute atomic E-state index is 13.6. The van der Waals surface area contributed by atoms with Crippen molar-refractivity contribution in [3.05, 3.63) is 287 Å². The van der Waals surface area contributed by atoms with E-state index in [9.17, 15) is 10.2 Å². The zero-order chi connectivity index (χ0) is 42.6. The van der Waals surface area contributed by atoms with Crippen LogP contribution in [0.15, 0.2) is 243 Å². The zero-order valence-electron chi connectivity index (χ0n) is 34.2. The maximum Gasteiger partial charge on any atom is 0.191 e. The van der Waals surface area contributed by atoms with Crippen LogP contribution < -0.4 is 0 Å². The summed E-state index contributed by atoms with van der Waals surface area (Å²) in [6.45, 7) is -0.992. The van der Waals surface area contributed by atoms with Crippen molar-refractivity contribution in [2.24, 2.45) is 0 Å². The van der Waals surface area contributed by atoms with E-state index in [1.807, 2.05) is 243 Å². The Morgan fingerprint density at radius 3 is 0.694 bits per heavy atom. The fourth-order valence-corrected chi connectivity index (χ4v) is 7.87. The molecule has 0 heterocycles. The van der Waals surface area contributed by atoms with E-state index in [1.54, 1.807) is 0 Å². The molecule has 0 aliphatic carbocycles. The van der Waals surface area contributed by atoms with Crippen LogP contribution in [0.1, 0.15) is 44.5 Å². The van der Waals surface area contributed by atoms with Crippen molar-refractivity contribution in [3.8, 4) is 23.7 Å². The molecular formula is C58H46O4. The highest BCUT2D eigenvalue weighted by atomic mass is 16.5. The topological polar surface area (TPSA) is 58.9 Å². The fourth-order valence-electron chi connectivity index (χ4n) is 7.87. The summed E-state index contributed by atoms with van der Waals surface area (Å²) < 4.78 is 14.6. The first-order valence-electron chi connectivity index (χ1n) is 20.7. The van der Waals surface area contributed by atoms with Gasteiger partial charge in [-0.3, -0.25) is 0 Å². The summed E-state index contributed by atoms with van der Waals surface area (Å²) in [4.78, 5) is 0. The predicted octanol–water partition coefficient (Wildman–Crippen LogP) is 10.6. The third-order valence-electron chi connectivity index (χ3n) is 11.1. The van der Waals surface area contributed by atoms with Crippen LogP contribution in [0.25, 0.3) is 0 Å². The highest BCUT2D eigenvalue weighted by Crippen LogP contribution is 2.44. The monoisotopic (exact) mass is 806 g/mol. The van der Waals surface area contributed by atoms with E-state index in [0.717, 1.165) is 33.4 Å². The second kappa shape index (κ2) is 19.0. The first-order chi connectivity index (χ1) is 30.5. The molecule has 4 heteroatoms. The molecule has 0 bridgehead atoms. The summed E-state index contributed by atoms with van der Waals surface area (Å²) in [6.07, 6.45) is 0. The standard InChI is InChI=1S/C58H46O4/c59-55(43-41-47-25-9-1-10-26-47,45-61-57(49-29-13-3-14-30-49,50-31-15-4-16-32-50)51-33-17-5-18-34-51)56(60,44-42-48-27-11-2-12-28-48)46-62-58(52-35-19-6-20-36-52,53-37-21-7-22-38-53)54-39-23-8-24-40-54/h1-40,59-60H,45-46H2/t55-,56-/m0/s1. The lowest BCUT2D eigenvalue weighted by Gasteiger charge is -2.43. The summed E-state index contributed by atoms with van der Waals surface area (Å²) in [5, 5.41) is 27.1. The van der Waals surface area contributed by atoms with Gasteiger partial charge in [-0.15, -0.1) is 0 Å². The summed E-state index contributed by atoms with van der Waals surface area (Å²) in [5.41, 5.74) is -1.09. The molecule has 0 saturated heterocycles. The largest absolute Gasteiger partial charge is 0.372 e. The Morgan fingerprint density at radius 2 is 0.484 bits per heavy atom. The number of hydrogen-bond donors (Lipinski definition) is 2. The molecule has 8 rings (SSSR count). The molecule has 8 aromatic rings. The number of hydrogen-bond acceptors (Lipinski definition) is 4. The Morgan fingerprint density at radius 1 is 0.290 bits per heavy atom. The molecule has 0 saturated carbocycles. The van der Waals surface area contributed by atoms with E-state index >= 15 is 0 Å². The van der Waals surface area contributed by atoms with Gasteiger partial charge in [-0.05, 0) is 57.6 Å². The van der Waals surface area contributed by atoms with E-state index in [4.69, 9.17) is 9.47 Å². The van der Waals surface area contributed by atoms with E-state index in [0.29, 0.717) is 11.1 Å². The van der Waals surface area contributed by atoms with Crippen LogP contribution >= 0.6 is 0 Å². The van der Waals surface area contributed by atoms with E-state index in [-0.39, 0.29) is 0 Å². The van der Waals surface area contributed by atoms with E-state index in [1.165, 1.54) is 0 Å². The Bertz CT molecular complexity index is 2360. The SMILES string of the molecule is O[C@@](C#Cc1ccccc1)(COC(c1ccccc1)(c1ccccc1)c1ccccc1)[C@](O)(C#Cc1ccccc1)COC(c1ccccc1)(c1ccccc1)c1ccccc1. The van der Waals surface area contributed by atoms with E-state index in [2.05, 4.69) is 23.7 Å². The van der Waals surface area contributed by atoms with Crippen LogP contribution in [0.5, 0.6) is 0 Å². The van der Waals surface area contributed by atoms with Gasteiger partial charge in [0.15, 0.2) is 11.2 Å². The highest BCUT2D eigenvalue weighted by Gasteiger charge is 2.53. The number of aliphatic hydroxyl groups is 2. The molecule has 2 N–H and O–H groups in total. The van der Waals surface area contributed by atoms with Crippen LogP contribution in [0.3, 0.4) is 0 Å². The zero-order valence-corrected chi connectivity index (χ0v) is 34.2. The number of rotatable bonds is 13. The average Bonchev–Trinajstić information content (AvgIpc) is 3.36. The molecule has 302 valence electrons. The normalized spacial score (nSPS) is 13.3. The maximum atomic E-state index is 13.6. The minimum Gasteiger partial charge on any atom is -0.372 e. The van der Waals surface area contributed by atoms with Gasteiger partial charge in [-0.25, -0.2) is 0 Å². The molecule has 0 spiro atoms. The Balaban J connectivity index is 1.34. The Hall–Kier alpha value is -7.28. The van der Waals surface area contributed by atoms with Crippen LogP contribution in [-0.4, -0.2) is 34.6 Å². The van der Waals surface area contributed by atoms with Crippen molar-refractivity contribution in [2.45, 2.75) is 22.4 Å². The van der Waals surface area contributed by atoms with Crippen molar-refractivity contribution >= 4 is 0 Å². The van der Waals surface area contributed by atoms with Gasteiger partial charge in [0.1, 0.15) is 11.2 Å². The first-order valence-corrected chi connectivity index (χ1v) is 20.7. The van der Waals surface area contributed by atoms with Crippen LogP contribution in [0.4, 0.5) is 0 Å². The van der Waals surface area contributed by atoms with Gasteiger partial charge in [0.25, 0.3) is 0 Å². The molecule has 0 fully saturated rings. The van der Waals surface area contributed by atoms with E-state index < -0.39 is 35.6 Å². The van der Waals surface area contributed by atoms with Gasteiger partial charge in [0.05, 0.1) is 13.2 Å². The molecule has 0 aromatic heterocycles. The van der Waals surface area contributed by atoms with Crippen molar-refractivity contribution in [1.82, 2.24) is 0 Å². The second-order valence-electron chi connectivity index (χ2n) is 15.1. The van der Waals surface area contributed by atoms with Crippen LogP contribution in [0.2, 0.25) is 0 Å². The van der Waals surface area contributed by atoms with Crippen LogP contribution in [-0.2, 0) is 20.7 Å². The molecule has 62 heavy (non-hydrogen) atoms. The third-order valence-corrected chi connectivity index (χ3v) is 11.1. The van der Waals surface area contributed by atoms with Crippen molar-refractivity contribution in [1.29, 1.82) is 0 Å². The number of ether oxygens (including phenoxy) is 2. The summed E-state index contributed by atoms with van der Waals surface area (Å²) in [6, 6.07) is 78.1. The Labute approximate surface area is 364 Å². The van der Waals surface area contributed by atoms with Gasteiger partial charge in [0, 0.05) is 11.1 Å². The lowest BCUT2D eigenvalue weighted by Crippen LogP contribution is -2.60. The fraction of sp³-hybridized carbons (Fsp3) is 0.103. The lowest BCUT2D eigenvalue weighted by molar-refractivity contribution is -0.174. The molecule has 0 aliphatic rings. The highest BCUT2D eigenvalue weighted by molar-refractivity contribution is 5.50. The first kappa shape index (κ1) is 41.5. The number of benzene rings is 8. The summed E-state index contributed by atoms with van der Waals surface area (Å²) >= 11 is 0. The molecule has 0 unspecified atom stereocenters. The Kier molecular flexibility index (Phi) is 12.7. The van der Waals surface area contributed by atoms with Crippen molar-refractivity contribution < 1.29 is 19.7 Å². The van der Waals surface area contributed by atoms with Crippen molar-refractivity contribution in [3.63, 3.8) is 0 Å². The van der Waals surface area contributed by atoms with Crippen LogP contribution in [0, 0.1) is 23.7 Å². The molecule has 4 nitrogen and oxygen atoms in total. The predicted molar refractivity (Wildman–Crippen MR) is 247 cm³/mol. The second-order valence-corrected chi connectivity index (χ2v) is 15.1. The van der Waals surface area contributed by atoms with Gasteiger partial charge in [-0.1, -0.05) is 242 Å². The lowest BCUT2D eigenvalue weighted by atomic mass is 9.78. The minimum absolute atomic E-state index is 0.496. The quantitative estimate of drug-likeness (QED) is 0.0900. The minimum atomic E-state index is -2.38. The average molecular weight is 807 g/mol. The van der Waals surface area contributed by atoms with Crippen molar-refractivity contribution in [2.75, 3.05) is 13.2 Å².